The Balaban J connectivity index is 4.53. The van der Waals surface area contributed by atoms with Crippen LogP contribution in [0.1, 0.15) is 259 Å². The first-order valence-electron chi connectivity index (χ1n) is 25.6. The lowest BCUT2D eigenvalue weighted by Crippen LogP contribution is -2.27. The third-order valence-corrected chi connectivity index (χ3v) is 12.1. The molecule has 2 unspecified atom stereocenters. The molecule has 0 aliphatic carbocycles. The molecule has 0 spiro atoms. The van der Waals surface area contributed by atoms with Gasteiger partial charge in [-0.1, -0.05) is 195 Å². The lowest BCUT2D eigenvalue weighted by atomic mass is 9.94. The minimum atomic E-state index is 0.0698. The van der Waals surface area contributed by atoms with E-state index in [9.17, 15) is 9.59 Å². The molecular weight excluding hydrogens is 707 g/mol. The van der Waals surface area contributed by atoms with Crippen LogP contribution in [0.5, 0.6) is 0 Å². The van der Waals surface area contributed by atoms with Crippen molar-refractivity contribution >= 4 is 11.9 Å². The van der Waals surface area contributed by atoms with E-state index in [-0.39, 0.29) is 23.8 Å². The zero-order valence-electron chi connectivity index (χ0n) is 39.3. The van der Waals surface area contributed by atoms with E-state index in [0.717, 1.165) is 103 Å². The first-order valence-corrected chi connectivity index (χ1v) is 25.6. The Labute approximate surface area is 356 Å². The van der Waals surface area contributed by atoms with Gasteiger partial charge in [-0.15, -0.1) is 0 Å². The van der Waals surface area contributed by atoms with Crippen LogP contribution in [0.3, 0.4) is 0 Å². The average Bonchev–Trinajstić information content (AvgIpc) is 3.21. The topological polar surface area (TPSA) is 65.1 Å². The molecule has 0 aliphatic rings. The highest BCUT2D eigenvalue weighted by Gasteiger charge is 2.20. The SMILES string of the molecule is CCCCCCCCC(CCCCCC)C(=O)OCCCCCCN(CCCCCCOC)CCCCCCOC(=O)C(CCCCCC)CCCCCCCC. The standard InChI is InChI=1S/C51H101NO5/c1-6-10-14-18-20-30-40-48(38-28-16-12-8-3)50(53)56-46-36-26-23-33-43-52(42-32-22-25-35-45-55-5)44-34-24-27-37-47-57-51(54)49(39-29-17-13-9-4)41-31-21-19-15-11-7-2/h48-49H,6-47H2,1-5H3. The van der Waals surface area contributed by atoms with Gasteiger partial charge in [-0.05, 0) is 83.8 Å². The molecule has 0 fully saturated rings. The highest BCUT2D eigenvalue weighted by Crippen LogP contribution is 2.22. The van der Waals surface area contributed by atoms with Crippen molar-refractivity contribution in [1.29, 1.82) is 0 Å². The Morgan fingerprint density at radius 1 is 0.351 bits per heavy atom. The van der Waals surface area contributed by atoms with Crippen LogP contribution in [-0.2, 0) is 23.8 Å². The largest absolute Gasteiger partial charge is 0.465 e. The van der Waals surface area contributed by atoms with Gasteiger partial charge in [0.2, 0.25) is 0 Å². The van der Waals surface area contributed by atoms with Crippen molar-refractivity contribution in [3.63, 3.8) is 0 Å². The molecule has 0 aromatic carbocycles. The summed E-state index contributed by atoms with van der Waals surface area (Å²) in [5.74, 6) is 0.340. The van der Waals surface area contributed by atoms with E-state index < -0.39 is 0 Å². The van der Waals surface area contributed by atoms with Crippen molar-refractivity contribution < 1.29 is 23.8 Å². The van der Waals surface area contributed by atoms with Crippen molar-refractivity contribution in [3.05, 3.63) is 0 Å². The average molecular weight is 808 g/mol. The zero-order chi connectivity index (χ0) is 41.7. The molecular formula is C51H101NO5. The number of esters is 2. The Hall–Kier alpha value is -1.14. The van der Waals surface area contributed by atoms with Gasteiger partial charge >= 0.3 is 11.9 Å². The third-order valence-electron chi connectivity index (χ3n) is 12.1. The van der Waals surface area contributed by atoms with Crippen LogP contribution in [0.25, 0.3) is 0 Å². The molecule has 2 atom stereocenters. The second-order valence-electron chi connectivity index (χ2n) is 17.6. The van der Waals surface area contributed by atoms with Crippen molar-refractivity contribution in [1.82, 2.24) is 4.90 Å². The Bertz CT molecular complexity index is 763. The fourth-order valence-electron chi connectivity index (χ4n) is 8.17. The van der Waals surface area contributed by atoms with E-state index in [0.29, 0.717) is 13.2 Å². The van der Waals surface area contributed by atoms with E-state index in [4.69, 9.17) is 14.2 Å². The molecule has 340 valence electrons. The summed E-state index contributed by atoms with van der Waals surface area (Å²) in [6, 6.07) is 0. The second-order valence-corrected chi connectivity index (χ2v) is 17.6. The lowest BCUT2D eigenvalue weighted by molar-refractivity contribution is -0.150. The molecule has 0 amide bonds. The number of carbonyl (C=O) groups excluding carboxylic acids is 2. The van der Waals surface area contributed by atoms with Gasteiger partial charge < -0.3 is 19.1 Å². The molecule has 6 nitrogen and oxygen atoms in total. The van der Waals surface area contributed by atoms with Gasteiger partial charge in [-0.25, -0.2) is 0 Å². The van der Waals surface area contributed by atoms with Crippen LogP contribution in [0.2, 0.25) is 0 Å². The maximum Gasteiger partial charge on any atom is 0.308 e. The van der Waals surface area contributed by atoms with Crippen molar-refractivity contribution in [2.24, 2.45) is 11.8 Å². The molecule has 0 aromatic rings. The van der Waals surface area contributed by atoms with Crippen LogP contribution < -0.4 is 0 Å². The number of rotatable bonds is 47. The highest BCUT2D eigenvalue weighted by molar-refractivity contribution is 5.72. The van der Waals surface area contributed by atoms with Crippen molar-refractivity contribution in [3.8, 4) is 0 Å². The van der Waals surface area contributed by atoms with Gasteiger partial charge in [-0.3, -0.25) is 9.59 Å². The Kier molecular flexibility index (Phi) is 45.0. The van der Waals surface area contributed by atoms with E-state index >= 15 is 0 Å². The summed E-state index contributed by atoms with van der Waals surface area (Å²) in [7, 11) is 1.79. The number of nitrogens with zero attached hydrogens (tertiary/aromatic N) is 1. The molecule has 0 aliphatic heterocycles. The Morgan fingerprint density at radius 2 is 0.614 bits per heavy atom. The number of ether oxygens (including phenoxy) is 3. The van der Waals surface area contributed by atoms with E-state index in [2.05, 4.69) is 32.6 Å². The third kappa shape index (κ3) is 38.8. The molecule has 0 saturated heterocycles. The van der Waals surface area contributed by atoms with Crippen molar-refractivity contribution in [2.75, 3.05) is 46.6 Å². The summed E-state index contributed by atoms with van der Waals surface area (Å²) < 4.78 is 17.0. The summed E-state index contributed by atoms with van der Waals surface area (Å²) in [5.41, 5.74) is 0. The first-order chi connectivity index (χ1) is 28.0. The number of carbonyl (C=O) groups is 2. The predicted octanol–water partition coefficient (Wildman–Crippen LogP) is 15.4. The molecule has 0 aromatic heterocycles. The summed E-state index contributed by atoms with van der Waals surface area (Å²) in [6.07, 6.45) is 43.1. The number of unbranched alkanes of at least 4 members (excludes halogenated alkanes) is 25. The smallest absolute Gasteiger partial charge is 0.308 e. The van der Waals surface area contributed by atoms with Crippen LogP contribution >= 0.6 is 0 Å². The Morgan fingerprint density at radius 3 is 0.947 bits per heavy atom. The number of methoxy groups -OCH3 is 1. The molecule has 0 heterocycles. The molecule has 0 rings (SSSR count). The minimum Gasteiger partial charge on any atom is -0.465 e. The van der Waals surface area contributed by atoms with Gasteiger partial charge in [0.25, 0.3) is 0 Å². The second kappa shape index (κ2) is 45.9. The molecule has 0 radical (unpaired) electrons. The van der Waals surface area contributed by atoms with Gasteiger partial charge in [-0.2, -0.15) is 0 Å². The van der Waals surface area contributed by atoms with Crippen molar-refractivity contribution in [2.45, 2.75) is 259 Å². The summed E-state index contributed by atoms with van der Waals surface area (Å²) in [5, 5.41) is 0. The van der Waals surface area contributed by atoms with E-state index in [1.807, 2.05) is 0 Å². The normalized spacial score (nSPS) is 12.7. The molecule has 0 bridgehead atoms. The first kappa shape index (κ1) is 55.9. The minimum absolute atomic E-state index is 0.0698. The summed E-state index contributed by atoms with van der Waals surface area (Å²) >= 11 is 0. The lowest BCUT2D eigenvalue weighted by Gasteiger charge is -2.22. The quantitative estimate of drug-likeness (QED) is 0.0451. The summed E-state index contributed by atoms with van der Waals surface area (Å²) in [6.45, 7) is 14.6. The van der Waals surface area contributed by atoms with Gasteiger partial charge in [0.05, 0.1) is 25.0 Å². The fourth-order valence-corrected chi connectivity index (χ4v) is 8.17. The maximum absolute atomic E-state index is 13.0. The number of hydrogen-bond acceptors (Lipinski definition) is 6. The molecule has 0 saturated carbocycles. The predicted molar refractivity (Wildman–Crippen MR) is 246 cm³/mol. The fraction of sp³-hybridized carbons (Fsp3) is 0.961. The van der Waals surface area contributed by atoms with Crippen LogP contribution in [0, 0.1) is 11.8 Å². The van der Waals surface area contributed by atoms with Crippen LogP contribution in [0.15, 0.2) is 0 Å². The molecule has 0 N–H and O–H groups in total. The highest BCUT2D eigenvalue weighted by atomic mass is 16.5. The number of hydrogen-bond donors (Lipinski definition) is 0. The molecule has 57 heavy (non-hydrogen) atoms. The van der Waals surface area contributed by atoms with Gasteiger partial charge in [0, 0.05) is 13.7 Å². The maximum atomic E-state index is 13.0. The van der Waals surface area contributed by atoms with E-state index in [1.54, 1.807) is 7.11 Å². The molecule has 6 heteroatoms. The van der Waals surface area contributed by atoms with Gasteiger partial charge in [0.15, 0.2) is 0 Å². The zero-order valence-corrected chi connectivity index (χ0v) is 39.3. The van der Waals surface area contributed by atoms with Crippen LogP contribution in [-0.4, -0.2) is 63.4 Å². The summed E-state index contributed by atoms with van der Waals surface area (Å²) in [4.78, 5) is 28.8. The van der Waals surface area contributed by atoms with E-state index in [1.165, 1.54) is 154 Å². The van der Waals surface area contributed by atoms with Gasteiger partial charge in [0.1, 0.15) is 0 Å². The van der Waals surface area contributed by atoms with Crippen LogP contribution in [0.4, 0.5) is 0 Å². The monoisotopic (exact) mass is 808 g/mol.